The summed E-state index contributed by atoms with van der Waals surface area (Å²) in [6, 6.07) is -0.245. The number of carbonyl (C=O) groups is 1. The highest BCUT2D eigenvalue weighted by molar-refractivity contribution is 7.99. The van der Waals surface area contributed by atoms with Crippen molar-refractivity contribution in [3.05, 3.63) is 6.33 Å². The van der Waals surface area contributed by atoms with Crippen molar-refractivity contribution in [3.63, 3.8) is 0 Å². The average Bonchev–Trinajstić information content (AvgIpc) is 2.73. The van der Waals surface area contributed by atoms with Crippen LogP contribution < -0.4 is 5.32 Å². The highest BCUT2D eigenvalue weighted by Gasteiger charge is 2.17. The summed E-state index contributed by atoms with van der Waals surface area (Å²) in [6.07, 6.45) is 2.22. The van der Waals surface area contributed by atoms with E-state index >= 15 is 0 Å². The minimum absolute atomic E-state index is 0.217. The van der Waals surface area contributed by atoms with E-state index in [0.29, 0.717) is 6.42 Å². The number of hydrogen-bond donors (Lipinski definition) is 1. The fourth-order valence-corrected chi connectivity index (χ4v) is 2.27. The number of aryl methyl sites for hydroxylation is 1. The van der Waals surface area contributed by atoms with Gasteiger partial charge in [0.05, 0.1) is 7.11 Å². The van der Waals surface area contributed by atoms with Crippen molar-refractivity contribution < 1.29 is 9.53 Å². The fourth-order valence-electron chi connectivity index (χ4n) is 1.38. The summed E-state index contributed by atoms with van der Waals surface area (Å²) in [7, 11) is 3.25. The predicted molar refractivity (Wildman–Crippen MR) is 65.8 cm³/mol. The second kappa shape index (κ2) is 7.29. The minimum atomic E-state index is -0.245. The third-order valence-corrected chi connectivity index (χ3v) is 3.31. The van der Waals surface area contributed by atoms with Crippen LogP contribution in [0.4, 0.5) is 0 Å². The third kappa shape index (κ3) is 4.35. The minimum Gasteiger partial charge on any atom is -0.468 e. The molecule has 1 unspecified atom stereocenters. The van der Waals surface area contributed by atoms with Crippen molar-refractivity contribution in [2.45, 2.75) is 24.5 Å². The van der Waals surface area contributed by atoms with Crippen molar-refractivity contribution >= 4 is 17.7 Å². The van der Waals surface area contributed by atoms with Crippen LogP contribution >= 0.6 is 11.8 Å². The molecule has 0 radical (unpaired) electrons. The molecule has 1 aromatic rings. The Bertz CT molecular complexity index is 356. The second-order valence-corrected chi connectivity index (χ2v) is 4.50. The Morgan fingerprint density at radius 2 is 2.47 bits per heavy atom. The molecular formula is C10H18N4O2S. The number of methoxy groups -OCH3 is 1. The summed E-state index contributed by atoms with van der Waals surface area (Å²) >= 11 is 1.58. The molecule has 0 fully saturated rings. The van der Waals surface area contributed by atoms with Crippen LogP contribution in [-0.2, 0) is 16.6 Å². The van der Waals surface area contributed by atoms with E-state index in [1.165, 1.54) is 13.4 Å². The average molecular weight is 258 g/mol. The highest BCUT2D eigenvalue weighted by atomic mass is 32.2. The van der Waals surface area contributed by atoms with E-state index in [0.717, 1.165) is 17.5 Å². The lowest BCUT2D eigenvalue weighted by Gasteiger charge is -2.14. The molecule has 0 aliphatic rings. The lowest BCUT2D eigenvalue weighted by atomic mass is 10.2. The van der Waals surface area contributed by atoms with E-state index in [-0.39, 0.29) is 12.0 Å². The molecule has 1 N–H and O–H groups in total. The van der Waals surface area contributed by atoms with Crippen LogP contribution in [0.25, 0.3) is 0 Å². The monoisotopic (exact) mass is 258 g/mol. The first-order chi connectivity index (χ1) is 8.19. The van der Waals surface area contributed by atoms with Crippen LogP contribution in [-0.4, -0.2) is 46.2 Å². The number of ether oxygens (including phenoxy) is 1. The van der Waals surface area contributed by atoms with Gasteiger partial charge in [-0.3, -0.25) is 4.79 Å². The smallest absolute Gasteiger partial charge is 0.322 e. The maximum Gasteiger partial charge on any atom is 0.322 e. The Morgan fingerprint density at radius 1 is 1.71 bits per heavy atom. The number of hydrogen-bond acceptors (Lipinski definition) is 6. The summed E-state index contributed by atoms with van der Waals surface area (Å²) in [5, 5.41) is 7.93. The van der Waals surface area contributed by atoms with E-state index < -0.39 is 0 Å². The standard InChI is InChI=1S/C10H18N4O2S/c1-4-11-8(9(15)16-3)5-6-17-10-12-7-13-14(10)2/h7-8,11H,4-6H2,1-3H3. The maximum absolute atomic E-state index is 11.4. The molecule has 17 heavy (non-hydrogen) atoms. The van der Waals surface area contributed by atoms with Gasteiger partial charge < -0.3 is 10.1 Å². The molecule has 1 rings (SSSR count). The van der Waals surface area contributed by atoms with Gasteiger partial charge in [0, 0.05) is 12.8 Å². The zero-order valence-corrected chi connectivity index (χ0v) is 11.2. The lowest BCUT2D eigenvalue weighted by molar-refractivity contribution is -0.143. The van der Waals surface area contributed by atoms with E-state index in [2.05, 4.69) is 15.4 Å². The molecule has 6 nitrogen and oxygen atoms in total. The van der Waals surface area contributed by atoms with Gasteiger partial charge in [0.15, 0.2) is 5.16 Å². The van der Waals surface area contributed by atoms with Gasteiger partial charge in [-0.25, -0.2) is 9.67 Å². The van der Waals surface area contributed by atoms with Gasteiger partial charge in [0.2, 0.25) is 0 Å². The first kappa shape index (κ1) is 14.0. The molecule has 96 valence electrons. The summed E-state index contributed by atoms with van der Waals surface area (Å²) in [5.41, 5.74) is 0. The molecule has 7 heteroatoms. The van der Waals surface area contributed by atoms with Crippen LogP contribution in [0.5, 0.6) is 0 Å². The number of carbonyl (C=O) groups excluding carboxylic acids is 1. The molecule has 0 saturated carbocycles. The Labute approximate surface area is 105 Å². The zero-order chi connectivity index (χ0) is 12.7. The Morgan fingerprint density at radius 3 is 3.00 bits per heavy atom. The van der Waals surface area contributed by atoms with Gasteiger partial charge in [0.25, 0.3) is 0 Å². The second-order valence-electron chi connectivity index (χ2n) is 3.44. The number of nitrogens with zero attached hydrogens (tertiary/aromatic N) is 3. The largest absolute Gasteiger partial charge is 0.468 e. The summed E-state index contributed by atoms with van der Waals surface area (Å²) in [6.45, 7) is 2.71. The van der Waals surface area contributed by atoms with Gasteiger partial charge in [-0.1, -0.05) is 18.7 Å². The third-order valence-electron chi connectivity index (χ3n) is 2.24. The van der Waals surface area contributed by atoms with Crippen LogP contribution in [0.15, 0.2) is 11.5 Å². The summed E-state index contributed by atoms with van der Waals surface area (Å²) < 4.78 is 6.45. The van der Waals surface area contributed by atoms with Gasteiger partial charge >= 0.3 is 5.97 Å². The topological polar surface area (TPSA) is 69.0 Å². The van der Waals surface area contributed by atoms with Crippen LogP contribution in [0.3, 0.4) is 0 Å². The van der Waals surface area contributed by atoms with Gasteiger partial charge in [0.1, 0.15) is 12.4 Å². The molecule has 0 spiro atoms. The van der Waals surface area contributed by atoms with Crippen molar-refractivity contribution in [3.8, 4) is 0 Å². The van der Waals surface area contributed by atoms with Gasteiger partial charge in [-0.2, -0.15) is 5.10 Å². The van der Waals surface area contributed by atoms with Gasteiger partial charge in [-0.05, 0) is 13.0 Å². The molecule has 1 aromatic heterocycles. The Balaban J connectivity index is 2.37. The SMILES string of the molecule is CCNC(CCSc1ncnn1C)C(=O)OC. The first-order valence-corrected chi connectivity index (χ1v) is 6.45. The molecule has 0 aromatic carbocycles. The molecule has 0 aliphatic heterocycles. The molecule has 1 heterocycles. The van der Waals surface area contributed by atoms with Crippen LogP contribution in [0.2, 0.25) is 0 Å². The van der Waals surface area contributed by atoms with E-state index in [1.54, 1.807) is 16.4 Å². The summed E-state index contributed by atoms with van der Waals surface area (Å²) in [4.78, 5) is 15.5. The maximum atomic E-state index is 11.4. The fraction of sp³-hybridized carbons (Fsp3) is 0.700. The molecular weight excluding hydrogens is 240 g/mol. The van der Waals surface area contributed by atoms with Crippen LogP contribution in [0.1, 0.15) is 13.3 Å². The van der Waals surface area contributed by atoms with Gasteiger partial charge in [-0.15, -0.1) is 0 Å². The molecule has 0 aliphatic carbocycles. The number of esters is 1. The molecule has 0 bridgehead atoms. The number of nitrogens with one attached hydrogen (secondary N) is 1. The number of aromatic nitrogens is 3. The van der Waals surface area contributed by atoms with Crippen molar-refractivity contribution in [2.75, 3.05) is 19.4 Å². The molecule has 1 atom stereocenters. The van der Waals surface area contributed by atoms with E-state index in [9.17, 15) is 4.79 Å². The Kier molecular flexibility index (Phi) is 5.99. The number of thioether (sulfide) groups is 1. The Hall–Kier alpha value is -1.08. The zero-order valence-electron chi connectivity index (χ0n) is 10.3. The van der Waals surface area contributed by atoms with Crippen molar-refractivity contribution in [1.29, 1.82) is 0 Å². The number of rotatable bonds is 7. The molecule has 0 saturated heterocycles. The first-order valence-electron chi connectivity index (χ1n) is 5.47. The van der Waals surface area contributed by atoms with Crippen molar-refractivity contribution in [1.82, 2.24) is 20.1 Å². The number of likely N-dealkylation sites (N-methyl/N-ethyl adjacent to an activating group) is 1. The quantitative estimate of drug-likeness (QED) is 0.565. The lowest BCUT2D eigenvalue weighted by Crippen LogP contribution is -2.37. The van der Waals surface area contributed by atoms with Crippen molar-refractivity contribution in [2.24, 2.45) is 7.05 Å². The summed E-state index contributed by atoms with van der Waals surface area (Å²) in [5.74, 6) is 0.574. The highest BCUT2D eigenvalue weighted by Crippen LogP contribution is 2.15. The van der Waals surface area contributed by atoms with E-state index in [1.807, 2.05) is 14.0 Å². The predicted octanol–water partition coefficient (Wildman–Crippen LogP) is 0.448. The van der Waals surface area contributed by atoms with Crippen LogP contribution in [0, 0.1) is 0 Å². The normalized spacial score (nSPS) is 12.4. The van der Waals surface area contributed by atoms with E-state index in [4.69, 9.17) is 4.74 Å². The molecule has 0 amide bonds.